The second-order valence-corrected chi connectivity index (χ2v) is 4.91. The Morgan fingerprint density at radius 2 is 2.00 bits per heavy atom. The van der Waals surface area contributed by atoms with Crippen LogP contribution >= 0.6 is 15.9 Å². The average Bonchev–Trinajstić information content (AvgIpc) is 2.30. The number of carbonyl (C=O) groups is 1. The van der Waals surface area contributed by atoms with E-state index in [1.54, 1.807) is 0 Å². The lowest BCUT2D eigenvalue weighted by Crippen LogP contribution is -2.57. The summed E-state index contributed by atoms with van der Waals surface area (Å²) in [6.45, 7) is 1.43. The van der Waals surface area contributed by atoms with E-state index in [1.165, 1.54) is 6.07 Å². The van der Waals surface area contributed by atoms with Gasteiger partial charge in [-0.2, -0.15) is 0 Å². The number of primary amides is 1. The number of alkyl halides is 2. The van der Waals surface area contributed by atoms with Gasteiger partial charge in [-0.15, -0.1) is 0 Å². The summed E-state index contributed by atoms with van der Waals surface area (Å²) < 4.78 is 41.7. The van der Waals surface area contributed by atoms with Crippen molar-refractivity contribution in [1.29, 1.82) is 0 Å². The maximum Gasteiger partial charge on any atom is 0.296 e. The zero-order chi connectivity index (χ0) is 15.0. The molecule has 1 rings (SSSR count). The molecule has 0 unspecified atom stereocenters. The van der Waals surface area contributed by atoms with Crippen LogP contribution in [0.25, 0.3) is 0 Å². The van der Waals surface area contributed by atoms with Crippen LogP contribution in [0.5, 0.6) is 0 Å². The van der Waals surface area contributed by atoms with E-state index in [4.69, 9.17) is 5.73 Å². The SMILES string of the molecule is C[C](c1nc(Br)ccc1F)C(F)(F)[C@](C)(O)C(N)=O. The molecule has 0 saturated carbocycles. The van der Waals surface area contributed by atoms with Crippen molar-refractivity contribution in [3.8, 4) is 0 Å². The minimum absolute atomic E-state index is 0.137. The number of nitrogens with two attached hydrogens (primary N) is 1. The summed E-state index contributed by atoms with van der Waals surface area (Å²) in [5, 5.41) is 9.50. The van der Waals surface area contributed by atoms with Gasteiger partial charge in [-0.25, -0.2) is 18.2 Å². The smallest absolute Gasteiger partial charge is 0.296 e. The zero-order valence-electron chi connectivity index (χ0n) is 10.0. The summed E-state index contributed by atoms with van der Waals surface area (Å²) in [5.74, 6) is -7.57. The highest BCUT2D eigenvalue weighted by atomic mass is 79.9. The van der Waals surface area contributed by atoms with Gasteiger partial charge in [0.25, 0.3) is 11.8 Å². The second kappa shape index (κ2) is 5.09. The van der Waals surface area contributed by atoms with E-state index >= 15 is 0 Å². The maximum atomic E-state index is 14.0. The molecule has 1 aromatic rings. The number of aliphatic hydroxyl groups is 1. The quantitative estimate of drug-likeness (QED) is 0.821. The van der Waals surface area contributed by atoms with Crippen molar-refractivity contribution in [3.05, 3.63) is 34.2 Å². The molecule has 0 aliphatic carbocycles. The van der Waals surface area contributed by atoms with Crippen molar-refractivity contribution >= 4 is 21.8 Å². The third kappa shape index (κ3) is 2.74. The Morgan fingerprint density at radius 1 is 1.47 bits per heavy atom. The van der Waals surface area contributed by atoms with Crippen LogP contribution in [0.2, 0.25) is 0 Å². The second-order valence-electron chi connectivity index (χ2n) is 4.10. The largest absolute Gasteiger partial charge is 0.375 e. The molecule has 105 valence electrons. The fourth-order valence-corrected chi connectivity index (χ4v) is 1.66. The molecule has 3 N–H and O–H groups in total. The van der Waals surface area contributed by atoms with Gasteiger partial charge in [0.1, 0.15) is 10.4 Å². The van der Waals surface area contributed by atoms with Gasteiger partial charge in [0.05, 0.1) is 11.6 Å². The van der Waals surface area contributed by atoms with Gasteiger partial charge in [0.15, 0.2) is 0 Å². The van der Waals surface area contributed by atoms with Crippen molar-refractivity contribution in [2.75, 3.05) is 0 Å². The summed E-state index contributed by atoms with van der Waals surface area (Å²) >= 11 is 2.92. The lowest BCUT2D eigenvalue weighted by molar-refractivity contribution is -0.175. The molecule has 4 nitrogen and oxygen atoms in total. The van der Waals surface area contributed by atoms with Gasteiger partial charge in [-0.3, -0.25) is 4.79 Å². The number of hydrogen-bond donors (Lipinski definition) is 2. The van der Waals surface area contributed by atoms with Crippen molar-refractivity contribution in [1.82, 2.24) is 4.98 Å². The van der Waals surface area contributed by atoms with Gasteiger partial charge in [0.2, 0.25) is 5.60 Å². The molecule has 0 saturated heterocycles. The molecular weight excluding hydrogens is 329 g/mol. The Bertz CT molecular complexity index is 509. The number of aromatic nitrogens is 1. The summed E-state index contributed by atoms with van der Waals surface area (Å²) in [7, 11) is 0. The summed E-state index contributed by atoms with van der Waals surface area (Å²) in [6, 6.07) is 2.17. The van der Waals surface area contributed by atoms with E-state index in [-0.39, 0.29) is 4.60 Å². The van der Waals surface area contributed by atoms with Crippen LogP contribution in [0.1, 0.15) is 19.5 Å². The molecule has 0 aliphatic heterocycles. The van der Waals surface area contributed by atoms with Crippen molar-refractivity contribution in [2.45, 2.75) is 25.4 Å². The lowest BCUT2D eigenvalue weighted by atomic mass is 9.85. The molecule has 0 aromatic carbocycles. The van der Waals surface area contributed by atoms with Gasteiger partial charge in [0, 0.05) is 0 Å². The maximum absolute atomic E-state index is 14.0. The highest BCUT2D eigenvalue weighted by Gasteiger charge is 2.58. The fourth-order valence-electron chi connectivity index (χ4n) is 1.35. The molecule has 1 heterocycles. The molecule has 0 aliphatic rings. The normalized spacial score (nSPS) is 15.4. The Kier molecular flexibility index (Phi) is 4.26. The van der Waals surface area contributed by atoms with Crippen LogP contribution in [-0.4, -0.2) is 27.5 Å². The predicted octanol–water partition coefficient (Wildman–Crippen LogP) is 1.80. The van der Waals surface area contributed by atoms with E-state index in [0.29, 0.717) is 6.92 Å². The highest BCUT2D eigenvalue weighted by Crippen LogP contribution is 2.41. The number of carbonyl (C=O) groups excluding carboxylic acids is 1. The number of rotatable bonds is 4. The Balaban J connectivity index is 3.28. The highest BCUT2D eigenvalue weighted by molar-refractivity contribution is 9.10. The van der Waals surface area contributed by atoms with Crippen molar-refractivity contribution in [3.63, 3.8) is 0 Å². The van der Waals surface area contributed by atoms with E-state index in [0.717, 1.165) is 13.0 Å². The van der Waals surface area contributed by atoms with Gasteiger partial charge in [-0.1, -0.05) is 0 Å². The van der Waals surface area contributed by atoms with E-state index in [9.17, 15) is 23.1 Å². The molecule has 1 aromatic heterocycles. The Morgan fingerprint density at radius 3 is 2.47 bits per heavy atom. The third-order valence-corrected chi connectivity index (χ3v) is 3.17. The monoisotopic (exact) mass is 339 g/mol. The minimum Gasteiger partial charge on any atom is -0.375 e. The molecule has 1 atom stereocenters. The first-order valence-corrected chi connectivity index (χ1v) is 5.87. The van der Waals surface area contributed by atoms with E-state index < -0.39 is 34.9 Å². The first-order chi connectivity index (χ1) is 8.51. The van der Waals surface area contributed by atoms with Crippen LogP contribution in [0, 0.1) is 11.7 Å². The Labute approximate surface area is 116 Å². The first-order valence-electron chi connectivity index (χ1n) is 5.08. The molecule has 19 heavy (non-hydrogen) atoms. The van der Waals surface area contributed by atoms with E-state index in [2.05, 4.69) is 20.9 Å². The van der Waals surface area contributed by atoms with Crippen LogP contribution in [0.15, 0.2) is 16.7 Å². The average molecular weight is 340 g/mol. The number of halogens is 4. The first kappa shape index (κ1) is 15.9. The number of nitrogens with zero attached hydrogens (tertiary/aromatic N) is 1. The summed E-state index contributed by atoms with van der Waals surface area (Å²) in [5.41, 5.74) is 0.937. The van der Waals surface area contributed by atoms with Crippen LogP contribution < -0.4 is 5.73 Å². The van der Waals surface area contributed by atoms with Gasteiger partial charge >= 0.3 is 0 Å². The van der Waals surface area contributed by atoms with Crippen LogP contribution in [0.3, 0.4) is 0 Å². The molecule has 1 amide bonds. The van der Waals surface area contributed by atoms with Crippen LogP contribution in [0.4, 0.5) is 13.2 Å². The molecule has 1 radical (unpaired) electrons. The topological polar surface area (TPSA) is 76.2 Å². The zero-order valence-corrected chi connectivity index (χ0v) is 11.6. The molecule has 8 heteroatoms. The van der Waals surface area contributed by atoms with E-state index in [1.807, 2.05) is 0 Å². The van der Waals surface area contributed by atoms with Crippen LogP contribution in [-0.2, 0) is 4.79 Å². The molecule has 0 bridgehead atoms. The van der Waals surface area contributed by atoms with Crippen molar-refractivity contribution < 1.29 is 23.1 Å². The lowest BCUT2D eigenvalue weighted by Gasteiger charge is -2.33. The summed E-state index contributed by atoms with van der Waals surface area (Å²) in [6.07, 6.45) is 0. The summed E-state index contributed by atoms with van der Waals surface area (Å²) in [4.78, 5) is 14.5. The third-order valence-electron chi connectivity index (χ3n) is 2.73. The standard InChI is InChI=1S/C11H11BrF3N2O2/c1-5(8-6(13)3-4-7(12)17-8)11(14,15)10(2,19)9(16)18/h3-4,19H,1-2H3,(H2,16,18)/t10-/m1/s1. The molecule has 0 fully saturated rings. The minimum atomic E-state index is -4.06. The Hall–Kier alpha value is -1.15. The number of hydrogen-bond acceptors (Lipinski definition) is 3. The van der Waals surface area contributed by atoms with Crippen molar-refractivity contribution in [2.24, 2.45) is 5.73 Å². The molecule has 0 spiro atoms. The fraction of sp³-hybridized carbons (Fsp3) is 0.364. The molecular formula is C11H11BrF3N2O2. The van der Waals surface area contributed by atoms with Gasteiger partial charge in [-0.05, 0) is 41.9 Å². The predicted molar refractivity (Wildman–Crippen MR) is 64.7 cm³/mol. The number of pyridine rings is 1. The number of amides is 1. The van der Waals surface area contributed by atoms with Gasteiger partial charge < -0.3 is 10.8 Å².